The Kier molecular flexibility index (Phi) is 4.40. The molecule has 2 heterocycles. The molecule has 0 aliphatic carbocycles. The van der Waals surface area contributed by atoms with Crippen LogP contribution in [0.3, 0.4) is 0 Å². The third-order valence-electron chi connectivity index (χ3n) is 4.01. The van der Waals surface area contributed by atoms with Crippen molar-refractivity contribution in [2.45, 2.75) is 0 Å². The number of nitrogen functional groups attached to an aromatic ring is 1. The van der Waals surface area contributed by atoms with E-state index in [9.17, 15) is 0 Å². The van der Waals surface area contributed by atoms with E-state index in [1.165, 1.54) is 0 Å². The van der Waals surface area contributed by atoms with Crippen LogP contribution in [0.1, 0.15) is 0 Å². The average molecular weight is 357 g/mol. The fraction of sp³-hybridized carbons (Fsp3) is 0.0500. The van der Waals surface area contributed by atoms with Gasteiger partial charge in [-0.05, 0) is 23.8 Å². The molecule has 2 aromatic carbocycles. The minimum Gasteiger partial charge on any atom is -0.399 e. The monoisotopic (exact) mass is 357 g/mol. The van der Waals surface area contributed by atoms with Crippen molar-refractivity contribution in [1.82, 2.24) is 19.7 Å². The lowest BCUT2D eigenvalue weighted by molar-refractivity contribution is 0.768. The van der Waals surface area contributed by atoms with Crippen molar-refractivity contribution in [1.29, 1.82) is 0 Å². The number of nitrogens with two attached hydrogens (primary N) is 1. The summed E-state index contributed by atoms with van der Waals surface area (Å²) in [5.41, 5.74) is 10.5. The quantitative estimate of drug-likeness (QED) is 0.468. The number of nitrogens with one attached hydrogen (secondary N) is 2. The summed E-state index contributed by atoms with van der Waals surface area (Å²) in [6, 6.07) is 17.7. The van der Waals surface area contributed by atoms with Gasteiger partial charge in [0.1, 0.15) is 5.82 Å². The minimum atomic E-state index is 0.484. The molecule has 0 unspecified atom stereocenters. The number of nitrogens with zero attached hydrogens (tertiary/aromatic N) is 4. The molecule has 0 saturated heterocycles. The van der Waals surface area contributed by atoms with Crippen LogP contribution in [0.15, 0.2) is 73.2 Å². The van der Waals surface area contributed by atoms with Crippen LogP contribution in [0, 0.1) is 0 Å². The lowest BCUT2D eigenvalue weighted by Crippen LogP contribution is -2.01. The number of aromatic nitrogens is 4. The molecule has 0 aliphatic rings. The van der Waals surface area contributed by atoms with E-state index in [0.717, 1.165) is 22.5 Å². The topological polar surface area (TPSA) is 93.7 Å². The van der Waals surface area contributed by atoms with Crippen molar-refractivity contribution in [3.8, 4) is 11.1 Å². The fourth-order valence-corrected chi connectivity index (χ4v) is 2.78. The van der Waals surface area contributed by atoms with E-state index in [1.807, 2.05) is 55.7 Å². The minimum absolute atomic E-state index is 0.484. The summed E-state index contributed by atoms with van der Waals surface area (Å²) < 4.78 is 1.71. The van der Waals surface area contributed by atoms with Crippen molar-refractivity contribution in [3.05, 3.63) is 73.2 Å². The van der Waals surface area contributed by atoms with Crippen LogP contribution in [0.2, 0.25) is 0 Å². The molecule has 2 aromatic heterocycles. The van der Waals surface area contributed by atoms with Gasteiger partial charge in [0, 0.05) is 36.4 Å². The molecule has 0 spiro atoms. The third-order valence-corrected chi connectivity index (χ3v) is 4.01. The largest absolute Gasteiger partial charge is 0.399 e. The lowest BCUT2D eigenvalue weighted by atomic mass is 10.0. The second kappa shape index (κ2) is 7.17. The van der Waals surface area contributed by atoms with Gasteiger partial charge in [-0.1, -0.05) is 36.4 Å². The van der Waals surface area contributed by atoms with Gasteiger partial charge in [-0.25, -0.2) is 4.98 Å². The Hall–Kier alpha value is -3.87. The molecule has 0 bridgehead atoms. The number of aryl methyl sites for hydroxylation is 1. The van der Waals surface area contributed by atoms with Crippen LogP contribution < -0.4 is 16.4 Å². The Morgan fingerprint density at radius 2 is 1.85 bits per heavy atom. The van der Waals surface area contributed by atoms with Gasteiger partial charge in [0.15, 0.2) is 0 Å². The first-order valence-electron chi connectivity index (χ1n) is 8.48. The zero-order valence-electron chi connectivity index (χ0n) is 14.8. The van der Waals surface area contributed by atoms with E-state index < -0.39 is 0 Å². The lowest BCUT2D eigenvalue weighted by Gasteiger charge is -2.13. The summed E-state index contributed by atoms with van der Waals surface area (Å²) in [5.74, 6) is 1.15. The van der Waals surface area contributed by atoms with Crippen LogP contribution in [0.5, 0.6) is 0 Å². The van der Waals surface area contributed by atoms with E-state index in [0.29, 0.717) is 17.5 Å². The van der Waals surface area contributed by atoms with E-state index in [4.69, 9.17) is 5.73 Å². The van der Waals surface area contributed by atoms with Crippen molar-refractivity contribution < 1.29 is 0 Å². The highest BCUT2D eigenvalue weighted by atomic mass is 15.3. The van der Waals surface area contributed by atoms with Gasteiger partial charge < -0.3 is 16.4 Å². The van der Waals surface area contributed by atoms with E-state index in [-0.39, 0.29) is 0 Å². The fourth-order valence-electron chi connectivity index (χ4n) is 2.78. The summed E-state index contributed by atoms with van der Waals surface area (Å²) in [4.78, 5) is 8.79. The molecule has 0 fully saturated rings. The van der Waals surface area contributed by atoms with Gasteiger partial charge in [0.25, 0.3) is 0 Å². The molecule has 7 heteroatoms. The molecule has 7 nitrogen and oxygen atoms in total. The smallest absolute Gasteiger partial charge is 0.229 e. The molecule has 27 heavy (non-hydrogen) atoms. The van der Waals surface area contributed by atoms with Gasteiger partial charge >= 0.3 is 0 Å². The third kappa shape index (κ3) is 3.87. The maximum absolute atomic E-state index is 6.00. The average Bonchev–Trinajstić information content (AvgIpc) is 3.07. The molecule has 4 aromatic rings. The van der Waals surface area contributed by atoms with Crippen LogP contribution in [-0.4, -0.2) is 19.7 Å². The maximum Gasteiger partial charge on any atom is 0.229 e. The zero-order valence-corrected chi connectivity index (χ0v) is 14.8. The van der Waals surface area contributed by atoms with Gasteiger partial charge in [0.05, 0.1) is 11.9 Å². The van der Waals surface area contributed by atoms with Gasteiger partial charge in [-0.3, -0.25) is 4.68 Å². The van der Waals surface area contributed by atoms with Crippen LogP contribution in [0.4, 0.5) is 28.8 Å². The number of rotatable bonds is 5. The van der Waals surface area contributed by atoms with Crippen LogP contribution in [0.25, 0.3) is 11.1 Å². The second-order valence-corrected chi connectivity index (χ2v) is 6.09. The van der Waals surface area contributed by atoms with E-state index >= 15 is 0 Å². The zero-order chi connectivity index (χ0) is 18.6. The Morgan fingerprint density at radius 3 is 2.63 bits per heavy atom. The summed E-state index contributed by atoms with van der Waals surface area (Å²) in [5, 5.41) is 10.6. The highest BCUT2D eigenvalue weighted by molar-refractivity contribution is 5.82. The molecule has 0 radical (unpaired) electrons. The number of hydrogen-bond acceptors (Lipinski definition) is 6. The summed E-state index contributed by atoms with van der Waals surface area (Å²) in [7, 11) is 1.86. The normalized spacial score (nSPS) is 10.6. The van der Waals surface area contributed by atoms with E-state index in [2.05, 4.69) is 37.8 Å². The predicted molar refractivity (Wildman–Crippen MR) is 108 cm³/mol. The maximum atomic E-state index is 6.00. The predicted octanol–water partition coefficient (Wildman–Crippen LogP) is 3.95. The Bertz CT molecular complexity index is 1060. The molecule has 4 rings (SSSR count). The van der Waals surface area contributed by atoms with Crippen molar-refractivity contribution in [3.63, 3.8) is 0 Å². The highest BCUT2D eigenvalue weighted by Gasteiger charge is 2.08. The van der Waals surface area contributed by atoms with E-state index in [1.54, 1.807) is 17.1 Å². The standard InChI is InChI=1S/C20H19N7/c1-27-13-16(12-23-27)24-20-22-10-9-19(26-20)25-18-11-15(21)7-8-17(18)14-5-3-2-4-6-14/h2-13H,21H2,1H3,(H2,22,24,25,26). The summed E-state index contributed by atoms with van der Waals surface area (Å²) in [6.45, 7) is 0. The van der Waals surface area contributed by atoms with Gasteiger partial charge in [-0.15, -0.1) is 0 Å². The molecule has 0 aliphatic heterocycles. The first-order valence-corrected chi connectivity index (χ1v) is 8.48. The van der Waals surface area contributed by atoms with Gasteiger partial charge in [-0.2, -0.15) is 10.1 Å². The molecular formula is C20H19N7. The SMILES string of the molecule is Cn1cc(Nc2nccc(Nc3cc(N)ccc3-c3ccccc3)n2)cn1. The Balaban J connectivity index is 1.63. The van der Waals surface area contributed by atoms with Crippen LogP contribution >= 0.6 is 0 Å². The summed E-state index contributed by atoms with van der Waals surface area (Å²) >= 11 is 0. The highest BCUT2D eigenvalue weighted by Crippen LogP contribution is 2.31. The van der Waals surface area contributed by atoms with Crippen LogP contribution in [-0.2, 0) is 7.05 Å². The molecule has 134 valence electrons. The Labute approximate surface area is 156 Å². The first kappa shape index (κ1) is 16.6. The van der Waals surface area contributed by atoms with Crippen molar-refractivity contribution >= 4 is 28.8 Å². The molecule has 0 amide bonds. The molecule has 0 saturated carbocycles. The molecule has 4 N–H and O–H groups in total. The first-order chi connectivity index (χ1) is 13.2. The van der Waals surface area contributed by atoms with Crippen molar-refractivity contribution in [2.24, 2.45) is 7.05 Å². The Morgan fingerprint density at radius 1 is 1.00 bits per heavy atom. The number of hydrogen-bond donors (Lipinski definition) is 3. The summed E-state index contributed by atoms with van der Waals surface area (Å²) in [6.07, 6.45) is 5.27. The number of anilines is 5. The second-order valence-electron chi connectivity index (χ2n) is 6.09. The van der Waals surface area contributed by atoms with Gasteiger partial charge in [0.2, 0.25) is 5.95 Å². The van der Waals surface area contributed by atoms with Crippen molar-refractivity contribution in [2.75, 3.05) is 16.4 Å². The number of benzene rings is 2. The molecular weight excluding hydrogens is 338 g/mol. The molecule has 0 atom stereocenters.